The van der Waals surface area contributed by atoms with E-state index in [9.17, 15) is 14.7 Å². The number of benzene rings is 1. The lowest BCUT2D eigenvalue weighted by Crippen LogP contribution is -2.25. The fourth-order valence-corrected chi connectivity index (χ4v) is 4.09. The summed E-state index contributed by atoms with van der Waals surface area (Å²) >= 11 is 5.87. The molecule has 1 aromatic carbocycles. The van der Waals surface area contributed by atoms with E-state index in [1.165, 1.54) is 12.1 Å². The fraction of sp³-hybridized carbons (Fsp3) is 0.381. The van der Waals surface area contributed by atoms with Crippen molar-refractivity contribution in [2.75, 3.05) is 19.6 Å². The Morgan fingerprint density at radius 1 is 1.34 bits per heavy atom. The van der Waals surface area contributed by atoms with Crippen molar-refractivity contribution in [1.82, 2.24) is 9.88 Å². The quantitative estimate of drug-likeness (QED) is 0.429. The molecule has 0 bridgehead atoms. The Labute approximate surface area is 173 Å². The number of fused-ring (bicyclic) bond motifs is 1. The van der Waals surface area contributed by atoms with Gasteiger partial charge in [0.25, 0.3) is 0 Å². The highest BCUT2D eigenvalue weighted by Crippen LogP contribution is 2.30. The predicted molar refractivity (Wildman–Crippen MR) is 110 cm³/mol. The molecule has 2 aromatic rings. The summed E-state index contributed by atoms with van der Waals surface area (Å²) in [5, 5.41) is 22.8. The fourth-order valence-electron chi connectivity index (χ4n) is 3.89. The summed E-state index contributed by atoms with van der Waals surface area (Å²) in [5.41, 5.74) is 3.97. The molecule has 29 heavy (non-hydrogen) atoms. The highest BCUT2D eigenvalue weighted by Gasteiger charge is 2.24. The molecule has 0 spiro atoms. The molecule has 0 unspecified atom stereocenters. The van der Waals surface area contributed by atoms with Crippen LogP contribution in [0.15, 0.2) is 40.6 Å². The van der Waals surface area contributed by atoms with Gasteiger partial charge in [0, 0.05) is 55.5 Å². The molecule has 0 radical (unpaired) electrons. The van der Waals surface area contributed by atoms with Crippen LogP contribution in [0, 0.1) is 5.82 Å². The number of hydrogen-bond donors (Lipinski definition) is 2. The molecule has 1 fully saturated rings. The van der Waals surface area contributed by atoms with Gasteiger partial charge in [-0.3, -0.25) is 0 Å². The maximum atomic E-state index is 13.4. The summed E-state index contributed by atoms with van der Waals surface area (Å²) in [4.78, 5) is 11.3. The minimum atomic E-state index is -0.480. The standard InChI is InChI=1S/C21H22ClFN4O2/c22-18-9-13(1-2-19(18)23)10-20(26-29)16-3-6-24-21-17(16)11-14(25-21)4-7-27-8-5-15(28)12-27/h1-3,6,9,15,28-29H,4-5,7-8,10-12H2/b26-20+/t15-/m1/s1. The Hall–Kier alpha value is -2.35. The van der Waals surface area contributed by atoms with Gasteiger partial charge in [0.2, 0.25) is 0 Å². The van der Waals surface area contributed by atoms with Crippen molar-refractivity contribution in [2.24, 2.45) is 10.1 Å². The molecule has 0 aliphatic carbocycles. The molecular weight excluding hydrogens is 395 g/mol. The van der Waals surface area contributed by atoms with Gasteiger partial charge >= 0.3 is 0 Å². The molecule has 6 nitrogen and oxygen atoms in total. The molecule has 1 atom stereocenters. The largest absolute Gasteiger partial charge is 0.411 e. The summed E-state index contributed by atoms with van der Waals surface area (Å²) in [6.45, 7) is 2.48. The molecule has 4 rings (SSSR count). The van der Waals surface area contributed by atoms with E-state index in [1.54, 1.807) is 12.3 Å². The Morgan fingerprint density at radius 2 is 2.21 bits per heavy atom. The first-order valence-electron chi connectivity index (χ1n) is 9.63. The van der Waals surface area contributed by atoms with Crippen LogP contribution in [0.1, 0.15) is 29.5 Å². The molecule has 0 saturated carbocycles. The number of aliphatic imine (C=N–C) groups is 1. The molecule has 0 amide bonds. The zero-order chi connectivity index (χ0) is 20.4. The van der Waals surface area contributed by atoms with Crippen molar-refractivity contribution >= 4 is 28.8 Å². The lowest BCUT2D eigenvalue weighted by atomic mass is 9.96. The van der Waals surface area contributed by atoms with Gasteiger partial charge in [-0.2, -0.15) is 0 Å². The van der Waals surface area contributed by atoms with Gasteiger partial charge in [0.1, 0.15) is 5.82 Å². The number of aliphatic hydroxyl groups is 1. The maximum absolute atomic E-state index is 13.4. The van der Waals surface area contributed by atoms with Gasteiger partial charge in [-0.15, -0.1) is 0 Å². The van der Waals surface area contributed by atoms with E-state index in [4.69, 9.17) is 11.6 Å². The van der Waals surface area contributed by atoms with Crippen LogP contribution in [0.3, 0.4) is 0 Å². The summed E-state index contributed by atoms with van der Waals surface area (Å²) < 4.78 is 13.4. The monoisotopic (exact) mass is 416 g/mol. The van der Waals surface area contributed by atoms with Crippen molar-refractivity contribution in [2.45, 2.75) is 31.8 Å². The number of rotatable bonds is 6. The Kier molecular flexibility index (Phi) is 5.89. The number of aliphatic hydroxyl groups excluding tert-OH is 1. The molecule has 8 heteroatoms. The number of oxime groups is 1. The third-order valence-corrected chi connectivity index (χ3v) is 5.72. The topological polar surface area (TPSA) is 81.3 Å². The molecule has 152 valence electrons. The van der Waals surface area contributed by atoms with Crippen LogP contribution in [0.25, 0.3) is 0 Å². The second kappa shape index (κ2) is 8.57. The number of likely N-dealkylation sites (tertiary alicyclic amines) is 1. The second-order valence-corrected chi connectivity index (χ2v) is 7.89. The smallest absolute Gasteiger partial charge is 0.155 e. The van der Waals surface area contributed by atoms with Gasteiger partial charge in [-0.05, 0) is 36.6 Å². The molecule has 2 N–H and O–H groups in total. The minimum Gasteiger partial charge on any atom is -0.411 e. The highest BCUT2D eigenvalue weighted by atomic mass is 35.5. The van der Waals surface area contributed by atoms with E-state index < -0.39 is 5.82 Å². The Morgan fingerprint density at radius 3 is 2.93 bits per heavy atom. The van der Waals surface area contributed by atoms with Gasteiger partial charge < -0.3 is 15.2 Å². The van der Waals surface area contributed by atoms with E-state index in [1.807, 2.05) is 6.07 Å². The number of aromatic nitrogens is 1. The SMILES string of the molecule is O/N=C(\Cc1ccc(F)c(Cl)c1)c1ccnc2c1CC(CCN1CC[C@@H](O)C1)=N2. The Balaban J connectivity index is 1.47. The second-order valence-electron chi connectivity index (χ2n) is 7.48. The molecule has 2 aliphatic rings. The average molecular weight is 417 g/mol. The van der Waals surface area contributed by atoms with Gasteiger partial charge in [-0.1, -0.05) is 22.8 Å². The number of halogens is 2. The first-order chi connectivity index (χ1) is 14.0. The number of pyridine rings is 1. The van der Waals surface area contributed by atoms with Crippen molar-refractivity contribution in [1.29, 1.82) is 0 Å². The molecule has 1 aromatic heterocycles. The predicted octanol–water partition coefficient (Wildman–Crippen LogP) is 3.38. The molecule has 3 heterocycles. The number of nitrogens with zero attached hydrogens (tertiary/aromatic N) is 4. The van der Waals surface area contributed by atoms with Crippen LogP contribution in [0.2, 0.25) is 5.02 Å². The van der Waals surface area contributed by atoms with Crippen LogP contribution in [-0.2, 0) is 12.8 Å². The van der Waals surface area contributed by atoms with Crippen molar-refractivity contribution < 1.29 is 14.7 Å². The first-order valence-corrected chi connectivity index (χ1v) is 10.0. The third kappa shape index (κ3) is 4.47. The molecule has 2 aliphatic heterocycles. The van der Waals surface area contributed by atoms with Crippen LogP contribution < -0.4 is 0 Å². The summed E-state index contributed by atoms with van der Waals surface area (Å²) in [6.07, 6.45) is 4.02. The van der Waals surface area contributed by atoms with Crippen molar-refractivity contribution in [3.63, 3.8) is 0 Å². The summed E-state index contributed by atoms with van der Waals surface area (Å²) in [7, 11) is 0. The zero-order valence-corrected chi connectivity index (χ0v) is 16.6. The normalized spacial score (nSPS) is 19.5. The molecule has 1 saturated heterocycles. The third-order valence-electron chi connectivity index (χ3n) is 5.43. The van der Waals surface area contributed by atoms with Crippen LogP contribution in [-0.4, -0.2) is 57.4 Å². The number of hydrogen-bond acceptors (Lipinski definition) is 6. The zero-order valence-electron chi connectivity index (χ0n) is 15.9. The van der Waals surface area contributed by atoms with E-state index >= 15 is 0 Å². The highest BCUT2D eigenvalue weighted by molar-refractivity contribution is 6.30. The van der Waals surface area contributed by atoms with Gasteiger partial charge in [0.15, 0.2) is 5.82 Å². The number of β-amino-alcohol motifs (C(OH)–C–C–N with tert-alkyl or cyclic N) is 1. The van der Waals surface area contributed by atoms with Crippen LogP contribution in [0.5, 0.6) is 0 Å². The minimum absolute atomic E-state index is 0.0393. The van der Waals surface area contributed by atoms with Crippen molar-refractivity contribution in [3.05, 3.63) is 58.0 Å². The maximum Gasteiger partial charge on any atom is 0.155 e. The van der Waals surface area contributed by atoms with E-state index in [0.717, 1.165) is 48.3 Å². The van der Waals surface area contributed by atoms with Crippen LogP contribution in [0.4, 0.5) is 10.2 Å². The lowest BCUT2D eigenvalue weighted by molar-refractivity contribution is 0.177. The summed E-state index contributed by atoms with van der Waals surface area (Å²) in [5.74, 6) is 0.170. The van der Waals surface area contributed by atoms with Crippen LogP contribution >= 0.6 is 11.6 Å². The van der Waals surface area contributed by atoms with Gasteiger partial charge in [-0.25, -0.2) is 14.4 Å². The lowest BCUT2D eigenvalue weighted by Gasteiger charge is -2.14. The van der Waals surface area contributed by atoms with Crippen molar-refractivity contribution in [3.8, 4) is 0 Å². The van der Waals surface area contributed by atoms with E-state index in [-0.39, 0.29) is 11.1 Å². The van der Waals surface area contributed by atoms with E-state index in [2.05, 4.69) is 20.0 Å². The summed E-state index contributed by atoms with van der Waals surface area (Å²) in [6, 6.07) is 6.28. The van der Waals surface area contributed by atoms with Gasteiger partial charge in [0.05, 0.1) is 16.8 Å². The first kappa shape index (κ1) is 19.9. The average Bonchev–Trinajstić information content (AvgIpc) is 3.32. The molecular formula is C21H22ClFN4O2. The Bertz CT molecular complexity index is 979. The van der Waals surface area contributed by atoms with E-state index in [0.29, 0.717) is 30.9 Å².